The second-order valence-electron chi connectivity index (χ2n) is 3.39. The van der Waals surface area contributed by atoms with E-state index in [-0.39, 0.29) is 0 Å². The van der Waals surface area contributed by atoms with Gasteiger partial charge >= 0.3 is 0 Å². The molecule has 0 bridgehead atoms. The highest BCUT2D eigenvalue weighted by molar-refractivity contribution is 5.88. The maximum absolute atomic E-state index is 11.1. The zero-order valence-electron chi connectivity index (χ0n) is 9.60. The molecule has 4 heteroatoms. The lowest BCUT2D eigenvalue weighted by Gasteiger charge is -2.10. The van der Waals surface area contributed by atoms with Gasteiger partial charge in [-0.2, -0.15) is 0 Å². The molecule has 1 aromatic carbocycles. The lowest BCUT2D eigenvalue weighted by Crippen LogP contribution is -1.94. The molecule has 1 aromatic heterocycles. The summed E-state index contributed by atoms with van der Waals surface area (Å²) in [6.07, 6.45) is 2.32. The van der Waals surface area contributed by atoms with Crippen molar-refractivity contribution in [2.24, 2.45) is 0 Å². The van der Waals surface area contributed by atoms with E-state index in [1.54, 1.807) is 37.6 Å². The minimum atomic E-state index is 0.498. The van der Waals surface area contributed by atoms with Gasteiger partial charge in [-0.1, -0.05) is 0 Å². The largest absolute Gasteiger partial charge is 0.493 e. The average Bonchev–Trinajstić information content (AvgIpc) is 2.90. The summed E-state index contributed by atoms with van der Waals surface area (Å²) in [6.45, 7) is 0. The van der Waals surface area contributed by atoms with Crippen LogP contribution in [0, 0.1) is 0 Å². The van der Waals surface area contributed by atoms with Crippen LogP contribution in [0.5, 0.6) is 11.5 Å². The number of hydrogen-bond acceptors (Lipinski definition) is 4. The summed E-state index contributed by atoms with van der Waals surface area (Å²) in [5, 5.41) is 0. The van der Waals surface area contributed by atoms with Crippen LogP contribution in [0.4, 0.5) is 0 Å². The first-order chi connectivity index (χ1) is 8.30. The van der Waals surface area contributed by atoms with Gasteiger partial charge < -0.3 is 13.9 Å². The van der Waals surface area contributed by atoms with Crippen LogP contribution < -0.4 is 9.47 Å². The van der Waals surface area contributed by atoms with Crippen molar-refractivity contribution in [1.82, 2.24) is 0 Å². The summed E-state index contributed by atoms with van der Waals surface area (Å²) in [5.74, 6) is 1.70. The Kier molecular flexibility index (Phi) is 3.14. The molecule has 0 saturated heterocycles. The lowest BCUT2D eigenvalue weighted by molar-refractivity contribution is 0.112. The first-order valence-corrected chi connectivity index (χ1v) is 5.05. The number of aldehydes is 1. The molecule has 0 saturated carbocycles. The van der Waals surface area contributed by atoms with E-state index in [0.717, 1.165) is 6.29 Å². The first-order valence-electron chi connectivity index (χ1n) is 5.05. The van der Waals surface area contributed by atoms with Crippen molar-refractivity contribution in [2.75, 3.05) is 14.2 Å². The third-order valence-corrected chi connectivity index (χ3v) is 2.47. The molecule has 0 N–H and O–H groups in total. The molecule has 4 nitrogen and oxygen atoms in total. The molecule has 2 aromatic rings. The number of ether oxygens (including phenoxy) is 2. The molecule has 17 heavy (non-hydrogen) atoms. The molecule has 0 fully saturated rings. The van der Waals surface area contributed by atoms with Crippen LogP contribution in [0.2, 0.25) is 0 Å². The molecular formula is C13H12O4. The Hall–Kier alpha value is -2.23. The molecule has 1 heterocycles. The van der Waals surface area contributed by atoms with E-state index < -0.39 is 0 Å². The Morgan fingerprint density at radius 3 is 2.41 bits per heavy atom. The van der Waals surface area contributed by atoms with Gasteiger partial charge in [0, 0.05) is 11.1 Å². The maximum Gasteiger partial charge on any atom is 0.161 e. The SMILES string of the molecule is COc1cc(C=O)c(-c2ccco2)cc1OC. The van der Waals surface area contributed by atoms with E-state index in [0.29, 0.717) is 28.4 Å². The minimum Gasteiger partial charge on any atom is -0.493 e. The maximum atomic E-state index is 11.1. The summed E-state index contributed by atoms with van der Waals surface area (Å²) < 4.78 is 15.6. The van der Waals surface area contributed by atoms with Crippen molar-refractivity contribution in [3.8, 4) is 22.8 Å². The Labute approximate surface area is 98.8 Å². The number of benzene rings is 1. The molecule has 0 atom stereocenters. The third-order valence-electron chi connectivity index (χ3n) is 2.47. The molecule has 0 aliphatic heterocycles. The average molecular weight is 232 g/mol. The molecule has 0 unspecified atom stereocenters. The quantitative estimate of drug-likeness (QED) is 0.760. The van der Waals surface area contributed by atoms with Gasteiger partial charge in [0.05, 0.1) is 20.5 Å². The van der Waals surface area contributed by atoms with Crippen LogP contribution in [-0.2, 0) is 0 Å². The molecule has 0 spiro atoms. The molecule has 0 aliphatic carbocycles. The molecule has 88 valence electrons. The fraction of sp³-hybridized carbons (Fsp3) is 0.154. The summed E-state index contributed by atoms with van der Waals surface area (Å²) in [6, 6.07) is 6.90. The van der Waals surface area contributed by atoms with Crippen LogP contribution >= 0.6 is 0 Å². The summed E-state index contributed by atoms with van der Waals surface area (Å²) in [5.41, 5.74) is 1.18. The number of hydrogen-bond donors (Lipinski definition) is 0. The predicted molar refractivity (Wildman–Crippen MR) is 62.6 cm³/mol. The van der Waals surface area contributed by atoms with E-state index in [1.807, 2.05) is 0 Å². The van der Waals surface area contributed by atoms with Gasteiger partial charge in [0.25, 0.3) is 0 Å². The number of carbonyl (C=O) groups is 1. The van der Waals surface area contributed by atoms with E-state index in [1.165, 1.54) is 7.11 Å². The van der Waals surface area contributed by atoms with Gasteiger partial charge in [0.15, 0.2) is 17.8 Å². The van der Waals surface area contributed by atoms with Crippen LogP contribution in [0.25, 0.3) is 11.3 Å². The van der Waals surface area contributed by atoms with Crippen molar-refractivity contribution in [1.29, 1.82) is 0 Å². The normalized spacial score (nSPS) is 10.0. The van der Waals surface area contributed by atoms with E-state index in [9.17, 15) is 4.79 Å². The molecule has 2 rings (SSSR count). The number of carbonyl (C=O) groups excluding carboxylic acids is 1. The fourth-order valence-corrected chi connectivity index (χ4v) is 1.64. The first kappa shape index (κ1) is 11.3. The van der Waals surface area contributed by atoms with Crippen LogP contribution in [0.15, 0.2) is 34.9 Å². The van der Waals surface area contributed by atoms with Gasteiger partial charge in [-0.15, -0.1) is 0 Å². The third kappa shape index (κ3) is 2.01. The highest BCUT2D eigenvalue weighted by Crippen LogP contribution is 2.35. The summed E-state index contributed by atoms with van der Waals surface area (Å²) >= 11 is 0. The van der Waals surface area contributed by atoms with Crippen molar-refractivity contribution in [3.63, 3.8) is 0 Å². The monoisotopic (exact) mass is 232 g/mol. The van der Waals surface area contributed by atoms with Gasteiger partial charge in [-0.05, 0) is 24.3 Å². The van der Waals surface area contributed by atoms with Crippen molar-refractivity contribution < 1.29 is 18.7 Å². The number of furan rings is 1. The zero-order valence-corrected chi connectivity index (χ0v) is 9.60. The van der Waals surface area contributed by atoms with Gasteiger partial charge in [-0.3, -0.25) is 4.79 Å². The summed E-state index contributed by atoms with van der Waals surface area (Å²) in [7, 11) is 3.07. The Balaban J connectivity index is 2.62. The standard InChI is InChI=1S/C13H12O4/c1-15-12-6-9(8-14)10(7-13(12)16-2)11-4-3-5-17-11/h3-8H,1-2H3. The lowest BCUT2D eigenvalue weighted by atomic mass is 10.1. The van der Waals surface area contributed by atoms with Crippen molar-refractivity contribution >= 4 is 6.29 Å². The highest BCUT2D eigenvalue weighted by atomic mass is 16.5. The van der Waals surface area contributed by atoms with E-state index in [4.69, 9.17) is 13.9 Å². The van der Waals surface area contributed by atoms with Crippen LogP contribution in [-0.4, -0.2) is 20.5 Å². The van der Waals surface area contributed by atoms with E-state index >= 15 is 0 Å². The number of rotatable bonds is 4. The minimum absolute atomic E-state index is 0.498. The Bertz CT molecular complexity index is 514. The molecule has 0 amide bonds. The predicted octanol–water partition coefficient (Wildman–Crippen LogP) is 2.78. The second-order valence-corrected chi connectivity index (χ2v) is 3.39. The molecule has 0 aliphatic rings. The van der Waals surface area contributed by atoms with Gasteiger partial charge in [0.2, 0.25) is 0 Å². The Morgan fingerprint density at radius 2 is 1.88 bits per heavy atom. The van der Waals surface area contributed by atoms with Gasteiger partial charge in [-0.25, -0.2) is 0 Å². The smallest absolute Gasteiger partial charge is 0.161 e. The zero-order chi connectivity index (χ0) is 12.3. The van der Waals surface area contributed by atoms with Crippen LogP contribution in [0.3, 0.4) is 0 Å². The summed E-state index contributed by atoms with van der Waals surface area (Å²) in [4.78, 5) is 11.1. The highest BCUT2D eigenvalue weighted by Gasteiger charge is 2.13. The van der Waals surface area contributed by atoms with Gasteiger partial charge in [0.1, 0.15) is 5.76 Å². The molecular weight excluding hydrogens is 220 g/mol. The Morgan fingerprint density at radius 1 is 1.18 bits per heavy atom. The fourth-order valence-electron chi connectivity index (χ4n) is 1.64. The topological polar surface area (TPSA) is 48.7 Å². The van der Waals surface area contributed by atoms with Crippen molar-refractivity contribution in [3.05, 3.63) is 36.1 Å². The van der Waals surface area contributed by atoms with E-state index in [2.05, 4.69) is 0 Å². The van der Waals surface area contributed by atoms with Crippen molar-refractivity contribution in [2.45, 2.75) is 0 Å². The van der Waals surface area contributed by atoms with Crippen LogP contribution in [0.1, 0.15) is 10.4 Å². The number of methoxy groups -OCH3 is 2. The second kappa shape index (κ2) is 4.74. The molecule has 0 radical (unpaired) electrons.